The van der Waals surface area contributed by atoms with Crippen LogP contribution in [0.3, 0.4) is 0 Å². The number of fused-ring (bicyclic) bond motifs is 1. The normalized spacial score (nSPS) is 10.5. The Morgan fingerprint density at radius 2 is 1.95 bits per heavy atom. The van der Waals surface area contributed by atoms with Crippen LogP contribution in [-0.2, 0) is 0 Å². The minimum Gasteiger partial charge on any atom is -0.437 e. The number of aryl methyl sites for hydroxylation is 1. The molecule has 0 aliphatic rings. The van der Waals surface area contributed by atoms with Crippen LogP contribution in [0.1, 0.15) is 5.69 Å². The molecule has 0 radical (unpaired) electrons. The third-order valence-electron chi connectivity index (χ3n) is 2.89. The van der Waals surface area contributed by atoms with Crippen molar-refractivity contribution in [3.8, 4) is 11.6 Å². The fraction of sp³-hybridized carbons (Fsp3) is 0.133. The van der Waals surface area contributed by atoms with Gasteiger partial charge >= 0.3 is 0 Å². The molecule has 5 heteroatoms. The van der Waals surface area contributed by atoms with Crippen molar-refractivity contribution in [2.75, 3.05) is 12.4 Å². The summed E-state index contributed by atoms with van der Waals surface area (Å²) in [4.78, 5) is 12.8. The summed E-state index contributed by atoms with van der Waals surface area (Å²) in [5, 5.41) is 3.92. The number of nitrogens with one attached hydrogen (secondary N) is 1. The Balaban J connectivity index is 2.03. The van der Waals surface area contributed by atoms with Gasteiger partial charge in [0.1, 0.15) is 5.52 Å². The second-order valence-electron chi connectivity index (χ2n) is 4.35. The predicted octanol–water partition coefficient (Wildman–Crippen LogP) is 3.17. The van der Waals surface area contributed by atoms with Crippen molar-refractivity contribution >= 4 is 16.9 Å². The summed E-state index contributed by atoms with van der Waals surface area (Å²) in [6.07, 6.45) is 1.65. The van der Waals surface area contributed by atoms with E-state index in [-0.39, 0.29) is 0 Å². The number of hydrogen-bond acceptors (Lipinski definition) is 5. The van der Waals surface area contributed by atoms with Gasteiger partial charge in [0, 0.05) is 30.4 Å². The highest BCUT2D eigenvalue weighted by Crippen LogP contribution is 2.27. The van der Waals surface area contributed by atoms with Gasteiger partial charge in [-0.15, -0.1) is 0 Å². The van der Waals surface area contributed by atoms with Crippen LogP contribution in [-0.4, -0.2) is 22.0 Å². The molecule has 2 aromatic heterocycles. The summed E-state index contributed by atoms with van der Waals surface area (Å²) in [5.74, 6) is 1.69. The molecule has 0 unspecified atom stereocenters. The zero-order valence-corrected chi connectivity index (χ0v) is 11.3. The summed E-state index contributed by atoms with van der Waals surface area (Å²) in [6, 6.07) is 11.6. The van der Waals surface area contributed by atoms with E-state index in [9.17, 15) is 0 Å². The molecule has 0 saturated carbocycles. The highest BCUT2D eigenvalue weighted by Gasteiger charge is 2.06. The number of hydrogen-bond donors (Lipinski definition) is 1. The van der Waals surface area contributed by atoms with Gasteiger partial charge in [-0.25, -0.2) is 9.97 Å². The van der Waals surface area contributed by atoms with Crippen LogP contribution < -0.4 is 10.1 Å². The van der Waals surface area contributed by atoms with E-state index in [0.29, 0.717) is 17.6 Å². The zero-order valence-electron chi connectivity index (χ0n) is 11.3. The van der Waals surface area contributed by atoms with Gasteiger partial charge in [0.25, 0.3) is 0 Å². The first kappa shape index (κ1) is 12.3. The van der Waals surface area contributed by atoms with Crippen LogP contribution in [0.25, 0.3) is 10.9 Å². The average molecular weight is 266 g/mol. The minimum atomic E-state index is 0.486. The second kappa shape index (κ2) is 5.13. The number of rotatable bonds is 3. The summed E-state index contributed by atoms with van der Waals surface area (Å²) >= 11 is 0. The first-order chi connectivity index (χ1) is 9.76. The van der Waals surface area contributed by atoms with Gasteiger partial charge in [0.2, 0.25) is 11.8 Å². The van der Waals surface area contributed by atoms with Crippen molar-refractivity contribution in [2.45, 2.75) is 6.92 Å². The number of nitrogens with zero attached hydrogens (tertiary/aromatic N) is 3. The quantitative estimate of drug-likeness (QED) is 0.789. The van der Waals surface area contributed by atoms with Gasteiger partial charge < -0.3 is 10.1 Å². The number of pyridine rings is 1. The summed E-state index contributed by atoms with van der Waals surface area (Å²) < 4.78 is 5.84. The van der Waals surface area contributed by atoms with E-state index in [4.69, 9.17) is 4.74 Å². The lowest BCUT2D eigenvalue weighted by atomic mass is 10.2. The van der Waals surface area contributed by atoms with Crippen LogP contribution >= 0.6 is 0 Å². The second-order valence-corrected chi connectivity index (χ2v) is 4.35. The Labute approximate surface area is 116 Å². The molecule has 1 aromatic carbocycles. The van der Waals surface area contributed by atoms with Crippen molar-refractivity contribution in [3.05, 3.63) is 48.3 Å². The van der Waals surface area contributed by atoms with Crippen LogP contribution in [0.15, 0.2) is 42.6 Å². The summed E-state index contributed by atoms with van der Waals surface area (Å²) in [6.45, 7) is 1.96. The third-order valence-corrected chi connectivity index (χ3v) is 2.89. The van der Waals surface area contributed by atoms with E-state index in [1.54, 1.807) is 19.3 Å². The number of anilines is 1. The molecule has 1 N–H and O–H groups in total. The van der Waals surface area contributed by atoms with Crippen molar-refractivity contribution in [1.29, 1.82) is 0 Å². The largest absolute Gasteiger partial charge is 0.437 e. The van der Waals surface area contributed by atoms with Crippen molar-refractivity contribution in [3.63, 3.8) is 0 Å². The lowest BCUT2D eigenvalue weighted by Gasteiger charge is -2.08. The van der Waals surface area contributed by atoms with E-state index >= 15 is 0 Å². The maximum Gasteiger partial charge on any atom is 0.225 e. The van der Waals surface area contributed by atoms with Gasteiger partial charge in [0.15, 0.2) is 5.75 Å². The van der Waals surface area contributed by atoms with Gasteiger partial charge in [0.05, 0.1) is 0 Å². The lowest BCUT2D eigenvalue weighted by molar-refractivity contribution is 0.466. The molecule has 0 saturated heterocycles. The fourth-order valence-electron chi connectivity index (χ4n) is 1.93. The summed E-state index contributed by atoms with van der Waals surface area (Å²) in [5.41, 5.74) is 1.78. The molecule has 20 heavy (non-hydrogen) atoms. The molecular weight excluding hydrogens is 252 g/mol. The molecule has 3 aromatic rings. The lowest BCUT2D eigenvalue weighted by Crippen LogP contribution is -1.97. The van der Waals surface area contributed by atoms with Gasteiger partial charge in [-0.05, 0) is 19.1 Å². The van der Waals surface area contributed by atoms with E-state index in [1.165, 1.54) is 0 Å². The first-order valence-electron chi connectivity index (χ1n) is 6.31. The Hall–Kier alpha value is -2.69. The van der Waals surface area contributed by atoms with Crippen molar-refractivity contribution in [1.82, 2.24) is 15.0 Å². The van der Waals surface area contributed by atoms with E-state index in [2.05, 4.69) is 20.3 Å². The van der Waals surface area contributed by atoms with Crippen molar-refractivity contribution < 1.29 is 4.74 Å². The molecule has 100 valence electrons. The monoisotopic (exact) mass is 266 g/mol. The molecule has 0 aliphatic carbocycles. The van der Waals surface area contributed by atoms with Crippen LogP contribution in [0.4, 0.5) is 5.95 Å². The van der Waals surface area contributed by atoms with Crippen molar-refractivity contribution in [2.24, 2.45) is 0 Å². The fourth-order valence-corrected chi connectivity index (χ4v) is 1.93. The first-order valence-corrected chi connectivity index (χ1v) is 6.31. The van der Waals surface area contributed by atoms with E-state index in [1.807, 2.05) is 37.3 Å². The Kier molecular flexibility index (Phi) is 3.16. The number of aromatic nitrogens is 3. The smallest absolute Gasteiger partial charge is 0.225 e. The molecule has 0 atom stereocenters. The molecule has 3 rings (SSSR count). The molecular formula is C15H14N4O. The van der Waals surface area contributed by atoms with Crippen LogP contribution in [0.5, 0.6) is 11.6 Å². The molecule has 2 heterocycles. The number of ether oxygens (including phenoxy) is 1. The molecule has 0 bridgehead atoms. The highest BCUT2D eigenvalue weighted by molar-refractivity contribution is 5.84. The standard InChI is InChI=1S/C15H14N4O/c1-10-6-7-11-4-3-5-12(14(11)18-10)20-13-8-9-17-15(16-2)19-13/h3-9H,1-2H3,(H,16,17,19). The highest BCUT2D eigenvalue weighted by atomic mass is 16.5. The molecule has 0 fully saturated rings. The van der Waals surface area contributed by atoms with Crippen LogP contribution in [0.2, 0.25) is 0 Å². The Morgan fingerprint density at radius 3 is 2.80 bits per heavy atom. The summed E-state index contributed by atoms with van der Waals surface area (Å²) in [7, 11) is 1.77. The van der Waals surface area contributed by atoms with E-state index < -0.39 is 0 Å². The Morgan fingerprint density at radius 1 is 1.05 bits per heavy atom. The molecule has 5 nitrogen and oxygen atoms in total. The molecule has 0 spiro atoms. The molecule has 0 aliphatic heterocycles. The number of para-hydroxylation sites is 1. The minimum absolute atomic E-state index is 0.486. The molecule has 0 amide bonds. The maximum absolute atomic E-state index is 5.84. The van der Waals surface area contributed by atoms with Gasteiger partial charge in [-0.3, -0.25) is 0 Å². The average Bonchev–Trinajstić information content (AvgIpc) is 2.48. The van der Waals surface area contributed by atoms with Crippen LogP contribution in [0, 0.1) is 6.92 Å². The van der Waals surface area contributed by atoms with E-state index in [0.717, 1.165) is 16.6 Å². The number of benzene rings is 1. The van der Waals surface area contributed by atoms with Gasteiger partial charge in [-0.1, -0.05) is 18.2 Å². The third kappa shape index (κ3) is 2.38. The Bertz CT molecular complexity index is 758. The topological polar surface area (TPSA) is 59.9 Å². The zero-order chi connectivity index (χ0) is 13.9. The SMILES string of the molecule is CNc1nccc(Oc2cccc3ccc(C)nc23)n1. The van der Waals surface area contributed by atoms with Gasteiger partial charge in [-0.2, -0.15) is 4.98 Å². The maximum atomic E-state index is 5.84. The predicted molar refractivity (Wildman–Crippen MR) is 78.1 cm³/mol.